The van der Waals surface area contributed by atoms with E-state index in [0.29, 0.717) is 125 Å². The summed E-state index contributed by atoms with van der Waals surface area (Å²) in [6.07, 6.45) is 0. The van der Waals surface area contributed by atoms with E-state index in [1.807, 2.05) is 24.3 Å². The molecule has 0 amide bonds. The number of methoxy groups -OCH3 is 2. The molecule has 0 saturated carbocycles. The Balaban J connectivity index is 0.891. The Labute approximate surface area is 320 Å². The van der Waals surface area contributed by atoms with Crippen molar-refractivity contribution in [3.63, 3.8) is 0 Å². The minimum atomic E-state index is -0.398. The summed E-state index contributed by atoms with van der Waals surface area (Å²) in [5.74, 6) is 0.601. The van der Waals surface area contributed by atoms with E-state index in [1.54, 1.807) is 72.8 Å². The molecule has 0 unspecified atom stereocenters. The van der Waals surface area contributed by atoms with Gasteiger partial charge in [-0.05, 0) is 97.1 Å². The number of benzene rings is 4. The lowest BCUT2D eigenvalue weighted by Gasteiger charge is -2.09. The van der Waals surface area contributed by atoms with E-state index in [2.05, 4.69) is 29.9 Å². The molecule has 4 aromatic rings. The number of nitrogens with zero attached hydrogens (tertiary/aromatic N) is 4. The van der Waals surface area contributed by atoms with Crippen molar-refractivity contribution in [1.29, 1.82) is 0 Å². The predicted octanol–water partition coefficient (Wildman–Crippen LogP) is 7.63. The highest BCUT2D eigenvalue weighted by molar-refractivity contribution is 5.90. The van der Waals surface area contributed by atoms with E-state index in [0.717, 1.165) is 0 Å². The van der Waals surface area contributed by atoms with Gasteiger partial charge in [0.15, 0.2) is 0 Å². The molecule has 292 valence electrons. The highest BCUT2D eigenvalue weighted by Crippen LogP contribution is 2.23. The summed E-state index contributed by atoms with van der Waals surface area (Å²) in [5, 5.41) is 16.8. The molecule has 0 heterocycles. The number of hydrogen-bond donors (Lipinski definition) is 0. The third-order valence-corrected chi connectivity index (χ3v) is 7.29. The second kappa shape index (κ2) is 25.4. The zero-order valence-corrected chi connectivity index (χ0v) is 31.0. The van der Waals surface area contributed by atoms with E-state index in [1.165, 1.54) is 14.2 Å². The number of rotatable bonds is 26. The average molecular weight is 759 g/mol. The Bertz CT molecular complexity index is 1610. The van der Waals surface area contributed by atoms with Crippen LogP contribution in [0.4, 0.5) is 22.7 Å². The number of hydrogen-bond acceptors (Lipinski definition) is 15. The molecule has 0 aliphatic carbocycles. The molecule has 0 aliphatic heterocycles. The highest BCUT2D eigenvalue weighted by atomic mass is 16.6. The Morgan fingerprint density at radius 2 is 0.600 bits per heavy atom. The highest BCUT2D eigenvalue weighted by Gasteiger charge is 2.05. The smallest absolute Gasteiger partial charge is 0.337 e. The second-order valence-corrected chi connectivity index (χ2v) is 11.2. The summed E-state index contributed by atoms with van der Waals surface area (Å²) in [6.45, 7) is 5.35. The Kier molecular flexibility index (Phi) is 19.5. The van der Waals surface area contributed by atoms with Crippen LogP contribution in [0.25, 0.3) is 0 Å². The molecule has 4 rings (SSSR count). The number of azo groups is 2. The largest absolute Gasteiger partial charge is 0.491 e. The first kappa shape index (κ1) is 42.2. The van der Waals surface area contributed by atoms with Crippen LogP contribution in [0.3, 0.4) is 0 Å². The maximum absolute atomic E-state index is 11.5. The summed E-state index contributed by atoms with van der Waals surface area (Å²) >= 11 is 0. The van der Waals surface area contributed by atoms with Gasteiger partial charge in [-0.3, -0.25) is 0 Å². The Hall–Kier alpha value is -5.58. The molecule has 0 saturated heterocycles. The second-order valence-electron chi connectivity index (χ2n) is 11.2. The molecule has 0 N–H and O–H groups in total. The quantitative estimate of drug-likeness (QED) is 0.0351. The fourth-order valence-electron chi connectivity index (χ4n) is 4.43. The normalized spacial score (nSPS) is 11.2. The van der Waals surface area contributed by atoms with Crippen molar-refractivity contribution in [2.75, 3.05) is 93.5 Å². The lowest BCUT2D eigenvalue weighted by atomic mass is 10.2. The van der Waals surface area contributed by atoms with Gasteiger partial charge in [-0.25, -0.2) is 9.59 Å². The molecule has 0 fully saturated rings. The molecule has 0 spiro atoms. The van der Waals surface area contributed by atoms with Gasteiger partial charge in [0.2, 0.25) is 0 Å². The Morgan fingerprint density at radius 1 is 0.364 bits per heavy atom. The molecule has 0 radical (unpaired) electrons. The molecule has 4 aromatic carbocycles. The van der Waals surface area contributed by atoms with E-state index in [4.69, 9.17) is 33.2 Å². The van der Waals surface area contributed by atoms with E-state index < -0.39 is 11.9 Å². The van der Waals surface area contributed by atoms with Crippen molar-refractivity contribution in [3.8, 4) is 11.5 Å². The molecule has 55 heavy (non-hydrogen) atoms. The van der Waals surface area contributed by atoms with Gasteiger partial charge in [-0.15, -0.1) is 0 Å². The van der Waals surface area contributed by atoms with Crippen LogP contribution in [-0.2, 0) is 33.2 Å². The molecule has 15 nitrogen and oxygen atoms in total. The van der Waals surface area contributed by atoms with Crippen LogP contribution in [-0.4, -0.2) is 105 Å². The number of esters is 2. The maximum atomic E-state index is 11.5. The first-order valence-electron chi connectivity index (χ1n) is 17.6. The van der Waals surface area contributed by atoms with Gasteiger partial charge in [0.25, 0.3) is 0 Å². The third-order valence-electron chi connectivity index (χ3n) is 7.29. The van der Waals surface area contributed by atoms with Crippen molar-refractivity contribution in [2.24, 2.45) is 20.5 Å². The van der Waals surface area contributed by atoms with Gasteiger partial charge < -0.3 is 42.6 Å². The summed E-state index contributed by atoms with van der Waals surface area (Å²) in [7, 11) is 2.68. The molecular formula is C40H46N4O11. The predicted molar refractivity (Wildman–Crippen MR) is 202 cm³/mol. The van der Waals surface area contributed by atoms with Gasteiger partial charge in [0.05, 0.1) is 114 Å². The Morgan fingerprint density at radius 3 is 0.855 bits per heavy atom. The van der Waals surface area contributed by atoms with Crippen LogP contribution in [0.1, 0.15) is 20.7 Å². The number of ether oxygens (including phenoxy) is 9. The summed E-state index contributed by atoms with van der Waals surface area (Å²) < 4.78 is 48.4. The van der Waals surface area contributed by atoms with Gasteiger partial charge in [0.1, 0.15) is 24.7 Å². The topological polar surface area (TPSA) is 167 Å². The van der Waals surface area contributed by atoms with E-state index in [9.17, 15) is 9.59 Å². The number of carbonyl (C=O) groups is 2. The molecular weight excluding hydrogens is 712 g/mol. The summed E-state index contributed by atoms with van der Waals surface area (Å²) in [6, 6.07) is 27.8. The van der Waals surface area contributed by atoms with Crippen molar-refractivity contribution in [3.05, 3.63) is 108 Å². The third kappa shape index (κ3) is 17.0. The molecule has 0 atom stereocenters. The van der Waals surface area contributed by atoms with Crippen molar-refractivity contribution in [1.82, 2.24) is 0 Å². The van der Waals surface area contributed by atoms with E-state index >= 15 is 0 Å². The van der Waals surface area contributed by atoms with Crippen LogP contribution in [0.5, 0.6) is 11.5 Å². The van der Waals surface area contributed by atoms with Gasteiger partial charge in [-0.2, -0.15) is 20.5 Å². The number of carbonyl (C=O) groups excluding carboxylic acids is 2. The molecule has 0 bridgehead atoms. The fraction of sp³-hybridized carbons (Fsp3) is 0.350. The average Bonchev–Trinajstić information content (AvgIpc) is 3.23. The first-order chi connectivity index (χ1) is 27.0. The molecule has 15 heteroatoms. The van der Waals surface area contributed by atoms with Gasteiger partial charge in [-0.1, -0.05) is 0 Å². The first-order valence-corrected chi connectivity index (χ1v) is 17.6. The van der Waals surface area contributed by atoms with Gasteiger partial charge in [0, 0.05) is 0 Å². The van der Waals surface area contributed by atoms with Crippen LogP contribution in [0, 0.1) is 0 Å². The SMILES string of the molecule is COC(=O)c1ccc(N=Nc2ccc(OCCOCCOCCOCCOCCOCCOc3ccc(N=Nc4ccc(C(=O)OC)cc4)cc3)cc2)cc1. The monoisotopic (exact) mass is 758 g/mol. The lowest BCUT2D eigenvalue weighted by Crippen LogP contribution is -2.15. The minimum absolute atomic E-state index is 0.398. The van der Waals surface area contributed by atoms with E-state index in [-0.39, 0.29) is 0 Å². The van der Waals surface area contributed by atoms with Crippen molar-refractivity contribution >= 4 is 34.7 Å². The standard InChI is InChI=1S/C40H46N4O11/c1-47-39(45)31-3-7-33(8-4-31)41-43-35-11-15-37(16-12-35)54-29-27-52-25-23-50-21-19-49-20-22-51-24-26-53-28-30-55-38-17-13-36(14-18-38)44-42-34-9-5-32(6-10-34)40(46)48-2/h3-18H,19-30H2,1-2H3. The fourth-order valence-corrected chi connectivity index (χ4v) is 4.43. The minimum Gasteiger partial charge on any atom is -0.491 e. The molecule has 0 aromatic heterocycles. The zero-order valence-electron chi connectivity index (χ0n) is 31.0. The van der Waals surface area contributed by atoms with Crippen LogP contribution in [0.2, 0.25) is 0 Å². The van der Waals surface area contributed by atoms with Crippen molar-refractivity contribution in [2.45, 2.75) is 0 Å². The van der Waals surface area contributed by atoms with Crippen LogP contribution >= 0.6 is 0 Å². The van der Waals surface area contributed by atoms with Crippen LogP contribution in [0.15, 0.2) is 118 Å². The van der Waals surface area contributed by atoms with Crippen molar-refractivity contribution < 1.29 is 52.2 Å². The van der Waals surface area contributed by atoms with Crippen LogP contribution < -0.4 is 9.47 Å². The summed E-state index contributed by atoms with van der Waals surface area (Å²) in [4.78, 5) is 23.0. The maximum Gasteiger partial charge on any atom is 0.337 e. The molecule has 0 aliphatic rings. The lowest BCUT2D eigenvalue weighted by molar-refractivity contribution is -0.0141. The summed E-state index contributed by atoms with van der Waals surface area (Å²) in [5.41, 5.74) is 3.49. The zero-order chi connectivity index (χ0) is 38.8. The van der Waals surface area contributed by atoms with Gasteiger partial charge >= 0.3 is 11.9 Å².